The van der Waals surface area contributed by atoms with E-state index in [1.54, 1.807) is 152 Å². The number of piperazine rings is 4. The van der Waals surface area contributed by atoms with Gasteiger partial charge in [0, 0.05) is 227 Å². The number of benzene rings is 9. The van der Waals surface area contributed by atoms with Gasteiger partial charge in [0.15, 0.2) is 62.4 Å². The molecule has 0 unspecified atom stereocenters. The minimum absolute atomic E-state index is 0.00918. The predicted molar refractivity (Wildman–Crippen MR) is 545 cm³/mol. The summed E-state index contributed by atoms with van der Waals surface area (Å²) in [6, 6.07) is 53.4. The third kappa shape index (κ3) is 28.4. The standard InChI is InChI=1S/C25H27N5O4.C25H30N4O5.C22H24N4O5.C15H19N3O3.C10H8ClNO3.C7H5NO2/c1-17-26-24(27-34-17)20-5-3-4-18(14-20)16-30-21-7-6-19(15-23(21)33-25(30)32)22(31)8-9-29-12-10-28(2)11-13-29;1-3-33-24(31)26-20-6-4-5-18(15-20)17-29-21-8-7-19(16-23(21)34-25(29)32)22(30)9-10-28-13-11-27(2)12-14-28;1-23-9-11-24(12-10-23)8-7-20(27)17-5-6-19-21(14-17)31-22(28)25(19)15-16-3-2-4-18(13-16)26(29)30;1-17-6-8-18(9-7-17)5-4-13(19)11-2-3-12-14(10-11)21-15(20)16-12;11-4-3-8(13)6-1-2-7-9(5-6)15-10(14)12-7;9-7-8-5-3-1-2-4-6(5)10-7/h3-7,14-15H,8-13,16H2,1-2H3;4-8,15-16H,3,9-14,17H2,1-2H3,(H,26,31);2-6,13-14H,7-12,15H2,1H3;2-3,10H,4-9H2,1H3,(H,16,20);1-2,5H,3-4H2,(H,12,14);1-4H,(H,8,9). The van der Waals surface area contributed by atoms with E-state index in [1.165, 1.54) is 21.3 Å². The van der Waals surface area contributed by atoms with Crippen LogP contribution in [0.3, 0.4) is 0 Å². The number of nitro benzene ring substituents is 1. The number of alkyl halides is 1. The Kier molecular flexibility index (Phi) is 35.3. The monoisotopic (exact) mass is 2000 g/mol. The highest BCUT2D eigenvalue weighted by atomic mass is 35.5. The van der Waals surface area contributed by atoms with Crippen molar-refractivity contribution < 1.29 is 69.5 Å². The molecule has 0 bridgehead atoms. The molecule has 20 rings (SSSR count). The van der Waals surface area contributed by atoms with Crippen LogP contribution in [0.2, 0.25) is 0 Å². The maximum atomic E-state index is 12.8. The van der Waals surface area contributed by atoms with Crippen LogP contribution in [-0.4, -0.2) is 289 Å². The minimum Gasteiger partial charge on any atom is -0.450 e. The number of amides is 1. The summed E-state index contributed by atoms with van der Waals surface area (Å²) in [4.78, 5) is 184. The topological polar surface area (TPSA) is 475 Å². The number of H-pyrrole nitrogens is 3. The smallest absolute Gasteiger partial charge is 0.420 e. The molecule has 4 saturated heterocycles. The molecule has 1 amide bonds. The van der Waals surface area contributed by atoms with Gasteiger partial charge >= 0.3 is 40.6 Å². The van der Waals surface area contributed by atoms with E-state index in [4.69, 9.17) is 47.4 Å². The molecule has 16 aromatic rings. The van der Waals surface area contributed by atoms with Crippen molar-refractivity contribution in [1.29, 1.82) is 0 Å². The molecule has 0 spiro atoms. The number of aryl methyl sites for hydroxylation is 1. The number of carbonyl (C=O) groups is 6. The molecule has 4 aliphatic heterocycles. The number of rotatable bonds is 29. The molecule has 4 aliphatic rings. The number of para-hydroxylation sites is 2. The molecule has 4 N–H and O–H groups in total. The summed E-state index contributed by atoms with van der Waals surface area (Å²) in [6.45, 7) is 23.5. The van der Waals surface area contributed by atoms with E-state index >= 15 is 0 Å². The second-order valence-electron chi connectivity index (χ2n) is 35.8. The lowest BCUT2D eigenvalue weighted by molar-refractivity contribution is -0.384. The van der Waals surface area contributed by atoms with Gasteiger partial charge in [-0.15, -0.1) is 11.6 Å². The molecule has 9 aromatic carbocycles. The average molecular weight is 2000 g/mol. The third-order valence-electron chi connectivity index (χ3n) is 25.4. The highest BCUT2D eigenvalue weighted by Crippen LogP contribution is 2.27. The fourth-order valence-corrected chi connectivity index (χ4v) is 17.2. The largest absolute Gasteiger partial charge is 0.450 e. The van der Waals surface area contributed by atoms with Crippen molar-refractivity contribution >= 4 is 125 Å². The van der Waals surface area contributed by atoms with Crippen molar-refractivity contribution in [3.05, 3.63) is 312 Å². The number of oxazole rings is 6. The highest BCUT2D eigenvalue weighted by Gasteiger charge is 2.25. The molecule has 40 nitrogen and oxygen atoms in total. The summed E-state index contributed by atoms with van der Waals surface area (Å²) in [5.41, 5.74) is 12.7. The molecule has 0 radical (unpaired) electrons. The summed E-state index contributed by atoms with van der Waals surface area (Å²) >= 11 is 5.47. The number of non-ortho nitro benzene ring substituents is 1. The van der Waals surface area contributed by atoms with Gasteiger partial charge in [0.1, 0.15) is 0 Å². The number of ether oxygens (including phenoxy) is 1. The maximum absolute atomic E-state index is 12.8. The number of hydrogen-bond donors (Lipinski definition) is 4. The zero-order valence-electron chi connectivity index (χ0n) is 81.2. The predicted octanol–water partition coefficient (Wildman–Crippen LogP) is 12.2. The van der Waals surface area contributed by atoms with E-state index in [2.05, 4.69) is 97.8 Å². The Morgan fingerprint density at radius 2 is 0.752 bits per heavy atom. The number of anilines is 1. The first-order valence-corrected chi connectivity index (χ1v) is 48.3. The number of aromatic amines is 3. The fourth-order valence-electron chi connectivity index (χ4n) is 17.0. The Labute approximate surface area is 833 Å². The van der Waals surface area contributed by atoms with Crippen molar-refractivity contribution in [2.24, 2.45) is 0 Å². The number of nitrogens with zero attached hydrogens (tertiary/aromatic N) is 14. The SMILES string of the molecule is CCOC(=O)Nc1cccc(Cn2c(=O)oc3cc(C(=O)CCN4CCN(C)CC4)ccc32)c1.CN1CCN(CCC(=O)c2ccc3[nH]c(=O)oc3c2)CC1.CN1CCN(CCC(=O)c2ccc3c(c2)oc(=O)n3Cc2cccc([N+](=O)[O-])c2)CC1.Cc1nc(-c2cccc(Cn3c(=O)oc4cc(C(=O)CCN5CCN(C)CC5)ccc43)c2)no1.O=C(CCCl)c1ccc2[nH]c(=O)oc2c1.O=c1[nH]c2ccccc2o1. The number of carbonyl (C=O) groups excluding carboxylic acids is 6. The first kappa shape index (κ1) is 104. The summed E-state index contributed by atoms with van der Waals surface area (Å²) in [5, 5.41) is 17.6. The van der Waals surface area contributed by atoms with Gasteiger partial charge in [-0.05, 0) is 173 Å². The van der Waals surface area contributed by atoms with Gasteiger partial charge < -0.3 is 75.0 Å². The minimum atomic E-state index is -0.566. The van der Waals surface area contributed by atoms with E-state index < -0.39 is 45.6 Å². The molecule has 0 saturated carbocycles. The number of nitro groups is 1. The van der Waals surface area contributed by atoms with Crippen molar-refractivity contribution in [3.8, 4) is 11.4 Å². The van der Waals surface area contributed by atoms with Crippen molar-refractivity contribution in [3.63, 3.8) is 0 Å². The highest BCUT2D eigenvalue weighted by molar-refractivity contribution is 6.19. The summed E-state index contributed by atoms with van der Waals surface area (Å²) in [5.74, 6) is -1.54. The van der Waals surface area contributed by atoms with Crippen molar-refractivity contribution in [2.75, 3.05) is 177 Å². The van der Waals surface area contributed by atoms with Gasteiger partial charge in [0.2, 0.25) is 11.7 Å². The third-order valence-corrected chi connectivity index (χ3v) is 25.6. The molecule has 0 atom stereocenters. The Balaban J connectivity index is 0.000000136. The number of nitrogens with one attached hydrogen (secondary N) is 4. The van der Waals surface area contributed by atoms with E-state index in [1.807, 2.05) is 42.5 Å². The number of aromatic nitrogens is 8. The Morgan fingerprint density at radius 3 is 1.13 bits per heavy atom. The zero-order chi connectivity index (χ0) is 102. The molecule has 4 fully saturated rings. The fraction of sp³-hybridized carbons (Fsp3) is 0.346. The lowest BCUT2D eigenvalue weighted by Crippen LogP contribution is -2.45. The maximum Gasteiger partial charge on any atom is 0.420 e. The summed E-state index contributed by atoms with van der Waals surface area (Å²) in [6.07, 6.45) is 1.53. The van der Waals surface area contributed by atoms with E-state index in [0.29, 0.717) is 151 Å². The van der Waals surface area contributed by atoms with E-state index in [-0.39, 0.29) is 66.6 Å². The lowest BCUT2D eigenvalue weighted by Gasteiger charge is -2.32. The number of fused-ring (bicyclic) bond motifs is 6. The van der Waals surface area contributed by atoms with Crippen LogP contribution in [0, 0.1) is 17.0 Å². The molecule has 145 heavy (non-hydrogen) atoms. The molecule has 41 heteroatoms. The Bertz CT molecular complexity index is 7630. The van der Waals surface area contributed by atoms with Crippen molar-refractivity contribution in [1.82, 2.24) is 78.0 Å². The van der Waals surface area contributed by atoms with Crippen LogP contribution in [0.1, 0.15) is 113 Å². The quantitative estimate of drug-likeness (QED) is 0.0146. The van der Waals surface area contributed by atoms with Gasteiger partial charge in [0.05, 0.1) is 64.3 Å². The normalized spacial score (nSPS) is 14.7. The molecule has 11 heterocycles. The van der Waals surface area contributed by atoms with Crippen LogP contribution in [0.5, 0.6) is 0 Å². The van der Waals surface area contributed by atoms with Crippen LogP contribution in [0.15, 0.2) is 248 Å². The number of halogens is 1. The van der Waals surface area contributed by atoms with Gasteiger partial charge in [-0.3, -0.25) is 68.1 Å². The first-order chi connectivity index (χ1) is 70.0. The van der Waals surface area contributed by atoms with Gasteiger partial charge in [-0.2, -0.15) is 4.98 Å². The summed E-state index contributed by atoms with van der Waals surface area (Å²) in [7, 11) is 8.43. The van der Waals surface area contributed by atoms with Crippen LogP contribution in [-0.2, 0) is 24.4 Å². The Morgan fingerprint density at radius 1 is 0.400 bits per heavy atom. The van der Waals surface area contributed by atoms with Crippen molar-refractivity contribution in [2.45, 2.75) is 65.6 Å². The number of likely N-dealkylation sites (N-methyl/N-ethyl adjacent to an activating group) is 4. The van der Waals surface area contributed by atoms with E-state index in [0.717, 1.165) is 147 Å². The number of hydrogen-bond acceptors (Lipinski definition) is 32. The number of ketones is 5. The summed E-state index contributed by atoms with van der Waals surface area (Å²) < 4.78 is 45.3. The molecule has 758 valence electrons. The zero-order valence-corrected chi connectivity index (χ0v) is 82.0. The first-order valence-electron chi connectivity index (χ1n) is 47.7. The van der Waals surface area contributed by atoms with E-state index in [9.17, 15) is 67.6 Å². The van der Waals surface area contributed by atoms with Crippen LogP contribution in [0.4, 0.5) is 16.2 Å². The average Bonchev–Trinajstić information content (AvgIpc) is 1.65. The second kappa shape index (κ2) is 49.1. The van der Waals surface area contributed by atoms with Gasteiger partial charge in [-0.1, -0.05) is 59.8 Å². The molecule has 7 aromatic heterocycles. The molecule has 0 aliphatic carbocycles. The van der Waals surface area contributed by atoms with Crippen LogP contribution < -0.4 is 39.9 Å². The number of Topliss-reactive ketones (excluding diaryl/α,β-unsaturated/α-hetero) is 5. The Hall–Kier alpha value is -15.3. The van der Waals surface area contributed by atoms with Gasteiger partial charge in [0.25, 0.3) is 5.69 Å². The lowest BCUT2D eigenvalue weighted by atomic mass is 10.1. The van der Waals surface area contributed by atoms with Gasteiger partial charge in [-0.25, -0.2) is 33.6 Å². The van der Waals surface area contributed by atoms with Crippen LogP contribution in [0.25, 0.3) is 78.0 Å². The van der Waals surface area contributed by atoms with Crippen LogP contribution >= 0.6 is 11.6 Å². The molecular formula is C104H113ClN18O22. The molecular weight excluding hydrogens is 1890 g/mol. The second-order valence-corrected chi connectivity index (χ2v) is 36.2.